The smallest absolute Gasteiger partial charge is 0.259 e. The molecule has 6 nitrogen and oxygen atoms in total. The van der Waals surface area contributed by atoms with Gasteiger partial charge in [0.15, 0.2) is 5.03 Å². The van der Waals surface area contributed by atoms with Gasteiger partial charge < -0.3 is 10.3 Å². The minimum atomic E-state index is -3.59. The summed E-state index contributed by atoms with van der Waals surface area (Å²) in [6.07, 6.45) is 6.08. The van der Waals surface area contributed by atoms with E-state index in [0.29, 0.717) is 11.6 Å². The van der Waals surface area contributed by atoms with E-state index in [-0.39, 0.29) is 16.5 Å². The average molecular weight is 383 g/mol. The van der Waals surface area contributed by atoms with Crippen molar-refractivity contribution in [2.45, 2.75) is 42.2 Å². The lowest BCUT2D eigenvalue weighted by molar-refractivity contribution is 0.267. The van der Waals surface area contributed by atoms with Crippen molar-refractivity contribution < 1.29 is 8.42 Å². The molecule has 25 heavy (non-hydrogen) atoms. The highest BCUT2D eigenvalue weighted by Crippen LogP contribution is 2.39. The summed E-state index contributed by atoms with van der Waals surface area (Å²) in [7, 11) is -1.85. The predicted molar refractivity (Wildman–Crippen MR) is 98.0 cm³/mol. The number of halogens is 1. The van der Waals surface area contributed by atoms with E-state index in [2.05, 4.69) is 15.8 Å². The Labute approximate surface area is 153 Å². The van der Waals surface area contributed by atoms with Crippen molar-refractivity contribution in [3.63, 3.8) is 0 Å². The van der Waals surface area contributed by atoms with Gasteiger partial charge in [-0.1, -0.05) is 23.7 Å². The molecule has 1 heterocycles. The highest BCUT2D eigenvalue weighted by molar-refractivity contribution is 7.89. The number of aromatic nitrogens is 2. The number of benzene rings is 1. The molecule has 0 atom stereocenters. The van der Waals surface area contributed by atoms with Crippen LogP contribution in [0.2, 0.25) is 5.02 Å². The Kier molecular flexibility index (Phi) is 5.20. The van der Waals surface area contributed by atoms with E-state index in [9.17, 15) is 8.42 Å². The highest BCUT2D eigenvalue weighted by Gasteiger charge is 2.37. The molecule has 0 saturated heterocycles. The van der Waals surface area contributed by atoms with E-state index < -0.39 is 10.0 Å². The van der Waals surface area contributed by atoms with Crippen LogP contribution in [0, 0.1) is 0 Å². The second-order valence-corrected chi connectivity index (χ2v) is 8.87. The Balaban J connectivity index is 1.70. The van der Waals surface area contributed by atoms with Crippen molar-refractivity contribution in [1.29, 1.82) is 0 Å². The van der Waals surface area contributed by atoms with Crippen molar-refractivity contribution >= 4 is 21.6 Å². The molecule has 0 aliphatic heterocycles. The van der Waals surface area contributed by atoms with Crippen LogP contribution in [-0.4, -0.2) is 30.6 Å². The number of nitrogens with zero attached hydrogens (tertiary/aromatic N) is 2. The van der Waals surface area contributed by atoms with Crippen molar-refractivity contribution in [2.75, 3.05) is 6.54 Å². The van der Waals surface area contributed by atoms with Gasteiger partial charge in [0.1, 0.15) is 0 Å². The minimum Gasteiger partial charge on any atom is -0.339 e. The lowest BCUT2D eigenvalue weighted by Crippen LogP contribution is -2.45. The molecule has 0 radical (unpaired) electrons. The fourth-order valence-corrected chi connectivity index (χ4v) is 5.00. The molecule has 0 amide bonds. The molecule has 1 aromatic heterocycles. The maximum Gasteiger partial charge on any atom is 0.259 e. The summed E-state index contributed by atoms with van der Waals surface area (Å²) < 4.78 is 29.3. The average Bonchev–Trinajstić information content (AvgIpc) is 3.03. The summed E-state index contributed by atoms with van der Waals surface area (Å²) >= 11 is 6.13. The van der Waals surface area contributed by atoms with E-state index in [0.717, 1.165) is 31.2 Å². The largest absolute Gasteiger partial charge is 0.339 e. The molecular formula is C17H23ClN4O2S. The molecule has 3 rings (SSSR count). The third-order valence-electron chi connectivity index (χ3n) is 5.05. The molecular weight excluding hydrogens is 360 g/mol. The number of rotatable bonds is 5. The molecule has 0 spiro atoms. The molecule has 1 aromatic carbocycles. The number of sulfonamides is 1. The first-order chi connectivity index (χ1) is 11.8. The second-order valence-electron chi connectivity index (χ2n) is 6.77. The highest BCUT2D eigenvalue weighted by atomic mass is 35.5. The zero-order valence-corrected chi connectivity index (χ0v) is 15.7. The molecule has 1 aliphatic carbocycles. The Morgan fingerprint density at radius 2 is 2.12 bits per heavy atom. The molecule has 0 bridgehead atoms. The van der Waals surface area contributed by atoms with Crippen LogP contribution in [0.1, 0.15) is 31.2 Å². The first-order valence-corrected chi connectivity index (χ1v) is 10.2. The molecule has 1 saturated carbocycles. The SMILES string of the molecule is Cn1cnc(S(=O)(=O)NC2CCC(CN)(c3cccc(Cl)c3)CC2)c1. The van der Waals surface area contributed by atoms with Gasteiger partial charge in [-0.25, -0.2) is 18.1 Å². The number of hydrogen-bond acceptors (Lipinski definition) is 4. The molecule has 3 N–H and O–H groups in total. The summed E-state index contributed by atoms with van der Waals surface area (Å²) in [5, 5.41) is 0.754. The van der Waals surface area contributed by atoms with E-state index in [1.165, 1.54) is 12.5 Å². The van der Waals surface area contributed by atoms with Gasteiger partial charge in [0.05, 0.1) is 6.33 Å². The Morgan fingerprint density at radius 1 is 1.40 bits per heavy atom. The van der Waals surface area contributed by atoms with Crippen molar-refractivity contribution in [3.8, 4) is 0 Å². The van der Waals surface area contributed by atoms with Gasteiger partial charge in [0.25, 0.3) is 10.0 Å². The number of aryl methyl sites for hydroxylation is 1. The summed E-state index contributed by atoms with van der Waals surface area (Å²) in [4.78, 5) is 3.93. The Bertz CT molecular complexity index is 842. The monoisotopic (exact) mass is 382 g/mol. The summed E-state index contributed by atoms with van der Waals surface area (Å²) in [6.45, 7) is 0.521. The summed E-state index contributed by atoms with van der Waals surface area (Å²) in [5.74, 6) is 0. The fourth-order valence-electron chi connectivity index (χ4n) is 3.52. The van der Waals surface area contributed by atoms with Crippen LogP contribution < -0.4 is 10.5 Å². The Morgan fingerprint density at radius 3 is 2.68 bits per heavy atom. The van der Waals surface area contributed by atoms with E-state index in [4.69, 9.17) is 17.3 Å². The van der Waals surface area contributed by atoms with Crippen molar-refractivity contribution in [2.24, 2.45) is 12.8 Å². The lowest BCUT2D eigenvalue weighted by atomic mass is 9.68. The third-order valence-corrected chi connectivity index (χ3v) is 6.69. The van der Waals surface area contributed by atoms with Crippen LogP contribution in [0.3, 0.4) is 0 Å². The third kappa shape index (κ3) is 3.89. The van der Waals surface area contributed by atoms with Gasteiger partial charge in [-0.05, 0) is 43.4 Å². The quantitative estimate of drug-likeness (QED) is 0.829. The molecule has 0 unspecified atom stereocenters. The molecule has 1 aliphatic rings. The predicted octanol–water partition coefficient (Wildman–Crippen LogP) is 2.19. The first-order valence-electron chi connectivity index (χ1n) is 8.31. The maximum absolute atomic E-state index is 12.4. The van der Waals surface area contributed by atoms with E-state index in [1.54, 1.807) is 11.6 Å². The van der Waals surface area contributed by atoms with E-state index >= 15 is 0 Å². The number of nitrogens with two attached hydrogens (primary N) is 1. The molecule has 2 aromatic rings. The van der Waals surface area contributed by atoms with Crippen molar-refractivity contribution in [3.05, 3.63) is 47.4 Å². The molecule has 1 fully saturated rings. The lowest BCUT2D eigenvalue weighted by Gasteiger charge is -2.40. The van der Waals surface area contributed by atoms with Crippen molar-refractivity contribution in [1.82, 2.24) is 14.3 Å². The van der Waals surface area contributed by atoms with Gasteiger partial charge in [-0.2, -0.15) is 0 Å². The van der Waals surface area contributed by atoms with Crippen LogP contribution in [0.4, 0.5) is 0 Å². The zero-order valence-electron chi connectivity index (χ0n) is 14.2. The van der Waals surface area contributed by atoms with Crippen LogP contribution in [0.5, 0.6) is 0 Å². The first kappa shape index (κ1) is 18.4. The normalized spacial score (nSPS) is 24.4. The topological polar surface area (TPSA) is 90.0 Å². The number of nitrogens with one attached hydrogen (secondary N) is 1. The summed E-state index contributed by atoms with van der Waals surface area (Å²) in [6, 6.07) is 7.70. The van der Waals surface area contributed by atoms with E-state index in [1.807, 2.05) is 18.2 Å². The van der Waals surface area contributed by atoms with Crippen LogP contribution in [-0.2, 0) is 22.5 Å². The van der Waals surface area contributed by atoms with Gasteiger partial charge >= 0.3 is 0 Å². The fraction of sp³-hybridized carbons (Fsp3) is 0.471. The standard InChI is InChI=1S/C17H23ClN4O2S/c1-22-10-16(20-12-22)25(23,24)21-15-5-7-17(11-19,8-6-15)13-3-2-4-14(18)9-13/h2-4,9-10,12,15,21H,5-8,11,19H2,1H3. The van der Waals surface area contributed by atoms with Crippen LogP contribution in [0.15, 0.2) is 41.8 Å². The minimum absolute atomic E-state index is 0.0560. The van der Waals surface area contributed by atoms with Gasteiger partial charge in [0.2, 0.25) is 0 Å². The van der Waals surface area contributed by atoms with Gasteiger partial charge in [-0.15, -0.1) is 0 Å². The number of hydrogen-bond donors (Lipinski definition) is 2. The van der Waals surface area contributed by atoms with Crippen LogP contribution in [0.25, 0.3) is 0 Å². The molecule has 136 valence electrons. The zero-order chi connectivity index (χ0) is 18.1. The van der Waals surface area contributed by atoms with Gasteiger partial charge in [-0.3, -0.25) is 0 Å². The maximum atomic E-state index is 12.4. The summed E-state index contributed by atoms with van der Waals surface area (Å²) in [5.41, 5.74) is 7.08. The number of imidazole rings is 1. The van der Waals surface area contributed by atoms with Gasteiger partial charge in [0, 0.05) is 36.3 Å². The second kappa shape index (κ2) is 7.07. The van der Waals surface area contributed by atoms with Crippen LogP contribution >= 0.6 is 11.6 Å². The Hall–Kier alpha value is -1.41. The molecule has 8 heteroatoms.